The first-order valence-electron chi connectivity index (χ1n) is 8.14. The molecule has 3 rings (SSSR count). The molecule has 0 radical (unpaired) electrons. The summed E-state index contributed by atoms with van der Waals surface area (Å²) in [5.41, 5.74) is 1.86. The summed E-state index contributed by atoms with van der Waals surface area (Å²) >= 11 is 1.74. The molecule has 0 spiro atoms. The van der Waals surface area contributed by atoms with Crippen LogP contribution in [0.15, 0.2) is 41.8 Å². The number of thiophene rings is 1. The molecule has 6 heteroatoms. The van der Waals surface area contributed by atoms with Gasteiger partial charge in [-0.15, -0.1) is 11.3 Å². The molecule has 128 valence electrons. The lowest BCUT2D eigenvalue weighted by molar-refractivity contribution is 0.119. The second-order valence-corrected chi connectivity index (χ2v) is 6.79. The van der Waals surface area contributed by atoms with Gasteiger partial charge in [0.2, 0.25) is 0 Å². The van der Waals surface area contributed by atoms with Gasteiger partial charge in [-0.2, -0.15) is 0 Å². The third kappa shape index (κ3) is 3.88. The number of piperazine rings is 1. The van der Waals surface area contributed by atoms with Crippen LogP contribution >= 0.6 is 11.3 Å². The van der Waals surface area contributed by atoms with Crippen LogP contribution in [0.5, 0.6) is 0 Å². The molecular formula is C18H23N3O2S. The van der Waals surface area contributed by atoms with Gasteiger partial charge < -0.3 is 19.9 Å². The SMILES string of the molecule is CO[C@@H](C)c1cccc(NC(=O)N2CCN(c3cccs3)CC2)c1. The second kappa shape index (κ2) is 7.68. The van der Waals surface area contributed by atoms with E-state index in [1.54, 1.807) is 18.4 Å². The molecule has 2 amide bonds. The Morgan fingerprint density at radius 2 is 2.00 bits per heavy atom. The zero-order chi connectivity index (χ0) is 16.9. The molecule has 0 saturated carbocycles. The van der Waals surface area contributed by atoms with E-state index < -0.39 is 0 Å². The lowest BCUT2D eigenvalue weighted by atomic mass is 10.1. The fraction of sp³-hybridized carbons (Fsp3) is 0.389. The number of amides is 2. The molecule has 0 unspecified atom stereocenters. The van der Waals surface area contributed by atoms with Gasteiger partial charge in [0.05, 0.1) is 11.1 Å². The van der Waals surface area contributed by atoms with Gasteiger partial charge in [0.15, 0.2) is 0 Å². The van der Waals surface area contributed by atoms with Crippen molar-refractivity contribution < 1.29 is 9.53 Å². The molecule has 1 atom stereocenters. The summed E-state index contributed by atoms with van der Waals surface area (Å²) < 4.78 is 5.33. The average Bonchev–Trinajstić information content (AvgIpc) is 3.16. The number of hydrogen-bond acceptors (Lipinski definition) is 4. The van der Waals surface area contributed by atoms with Crippen molar-refractivity contribution in [2.24, 2.45) is 0 Å². The van der Waals surface area contributed by atoms with Gasteiger partial charge in [-0.25, -0.2) is 4.79 Å². The Kier molecular flexibility index (Phi) is 5.37. The van der Waals surface area contributed by atoms with Crippen LogP contribution in [0.25, 0.3) is 0 Å². The van der Waals surface area contributed by atoms with Crippen molar-refractivity contribution in [2.75, 3.05) is 43.5 Å². The highest BCUT2D eigenvalue weighted by atomic mass is 32.1. The molecule has 1 aliphatic rings. The molecule has 24 heavy (non-hydrogen) atoms. The normalized spacial score (nSPS) is 16.1. The van der Waals surface area contributed by atoms with E-state index in [1.807, 2.05) is 36.1 Å². The molecular weight excluding hydrogens is 322 g/mol. The summed E-state index contributed by atoms with van der Waals surface area (Å²) in [6.45, 7) is 5.20. The van der Waals surface area contributed by atoms with Crippen LogP contribution < -0.4 is 10.2 Å². The maximum absolute atomic E-state index is 12.5. The van der Waals surface area contributed by atoms with Crippen LogP contribution in [0.1, 0.15) is 18.6 Å². The van der Waals surface area contributed by atoms with Crippen molar-refractivity contribution in [3.05, 3.63) is 47.3 Å². The predicted molar refractivity (Wildman–Crippen MR) is 99.0 cm³/mol. The largest absolute Gasteiger partial charge is 0.377 e. The Labute approximate surface area is 146 Å². The Bertz CT molecular complexity index is 667. The van der Waals surface area contributed by atoms with Crippen molar-refractivity contribution in [1.29, 1.82) is 0 Å². The maximum atomic E-state index is 12.5. The van der Waals surface area contributed by atoms with Crippen molar-refractivity contribution >= 4 is 28.1 Å². The van der Waals surface area contributed by atoms with E-state index in [4.69, 9.17) is 4.74 Å². The van der Waals surface area contributed by atoms with Crippen molar-refractivity contribution in [2.45, 2.75) is 13.0 Å². The van der Waals surface area contributed by atoms with Crippen molar-refractivity contribution in [3.8, 4) is 0 Å². The van der Waals surface area contributed by atoms with E-state index in [0.717, 1.165) is 37.4 Å². The monoisotopic (exact) mass is 345 g/mol. The number of ether oxygens (including phenoxy) is 1. The summed E-state index contributed by atoms with van der Waals surface area (Å²) in [4.78, 5) is 16.7. The molecule has 0 bridgehead atoms. The number of nitrogens with zero attached hydrogens (tertiary/aromatic N) is 2. The van der Waals surface area contributed by atoms with E-state index in [1.165, 1.54) is 5.00 Å². The van der Waals surface area contributed by atoms with Crippen LogP contribution in [-0.2, 0) is 4.74 Å². The predicted octanol–water partition coefficient (Wildman–Crippen LogP) is 3.81. The van der Waals surface area contributed by atoms with Gasteiger partial charge in [0.1, 0.15) is 0 Å². The summed E-state index contributed by atoms with van der Waals surface area (Å²) in [5.74, 6) is 0. The number of methoxy groups -OCH3 is 1. The molecule has 2 aromatic rings. The van der Waals surface area contributed by atoms with Crippen molar-refractivity contribution in [3.63, 3.8) is 0 Å². The average molecular weight is 345 g/mol. The number of benzene rings is 1. The molecule has 1 aromatic carbocycles. The summed E-state index contributed by atoms with van der Waals surface area (Å²) in [6.07, 6.45) is 0.0104. The van der Waals surface area contributed by atoms with E-state index in [0.29, 0.717) is 0 Å². The first-order valence-corrected chi connectivity index (χ1v) is 9.02. The fourth-order valence-corrected chi connectivity index (χ4v) is 3.57. The summed E-state index contributed by atoms with van der Waals surface area (Å²) in [7, 11) is 1.68. The summed E-state index contributed by atoms with van der Waals surface area (Å²) in [5, 5.41) is 6.36. The van der Waals surface area contributed by atoms with Crippen molar-refractivity contribution in [1.82, 2.24) is 4.90 Å². The molecule has 1 saturated heterocycles. The molecule has 1 aromatic heterocycles. The van der Waals surface area contributed by atoms with Gasteiger partial charge >= 0.3 is 6.03 Å². The second-order valence-electron chi connectivity index (χ2n) is 5.86. The first-order chi connectivity index (χ1) is 11.7. The third-order valence-corrected chi connectivity index (χ3v) is 5.27. The minimum Gasteiger partial charge on any atom is -0.377 e. The molecule has 1 fully saturated rings. The number of anilines is 2. The van der Waals surface area contributed by atoms with Crippen LogP contribution in [0, 0.1) is 0 Å². The number of carbonyl (C=O) groups is 1. The summed E-state index contributed by atoms with van der Waals surface area (Å²) in [6, 6.07) is 12.0. The highest BCUT2D eigenvalue weighted by Crippen LogP contribution is 2.23. The van der Waals surface area contributed by atoms with Gasteiger partial charge in [-0.3, -0.25) is 0 Å². The van der Waals surface area contributed by atoms with Gasteiger partial charge in [0.25, 0.3) is 0 Å². The number of hydrogen-bond donors (Lipinski definition) is 1. The van der Waals surface area contributed by atoms with Crippen LogP contribution in [0.3, 0.4) is 0 Å². The van der Waals surface area contributed by atoms with Crippen LogP contribution in [0.2, 0.25) is 0 Å². The Morgan fingerprint density at radius 3 is 2.67 bits per heavy atom. The molecule has 0 aliphatic carbocycles. The lowest BCUT2D eigenvalue weighted by Crippen LogP contribution is -2.49. The lowest BCUT2D eigenvalue weighted by Gasteiger charge is -2.35. The number of nitrogens with one attached hydrogen (secondary N) is 1. The van der Waals surface area contributed by atoms with E-state index in [9.17, 15) is 4.79 Å². The van der Waals surface area contributed by atoms with Crippen LogP contribution in [-0.4, -0.2) is 44.2 Å². The topological polar surface area (TPSA) is 44.8 Å². The Balaban J connectivity index is 1.56. The quantitative estimate of drug-likeness (QED) is 0.916. The highest BCUT2D eigenvalue weighted by Gasteiger charge is 2.21. The molecule has 5 nitrogen and oxygen atoms in total. The molecule has 1 aliphatic heterocycles. The number of carbonyl (C=O) groups excluding carboxylic acids is 1. The first kappa shape index (κ1) is 16.8. The van der Waals surface area contributed by atoms with Gasteiger partial charge in [-0.05, 0) is 42.1 Å². The number of urea groups is 1. The number of rotatable bonds is 4. The minimum absolute atomic E-state index is 0.0104. The fourth-order valence-electron chi connectivity index (χ4n) is 2.79. The van der Waals surface area contributed by atoms with Gasteiger partial charge in [-0.1, -0.05) is 12.1 Å². The standard InChI is InChI=1S/C18H23N3O2S/c1-14(23-2)15-5-3-6-16(13-15)19-18(22)21-10-8-20(9-11-21)17-7-4-12-24-17/h3-7,12-14H,8-11H2,1-2H3,(H,19,22)/t14-/m0/s1. The van der Waals surface area contributed by atoms with Gasteiger partial charge in [0, 0.05) is 39.0 Å². The zero-order valence-electron chi connectivity index (χ0n) is 14.1. The van der Waals surface area contributed by atoms with E-state index in [2.05, 4.69) is 27.7 Å². The smallest absolute Gasteiger partial charge is 0.321 e. The van der Waals surface area contributed by atoms with E-state index >= 15 is 0 Å². The molecule has 2 heterocycles. The molecule has 1 N–H and O–H groups in total. The Morgan fingerprint density at radius 1 is 1.21 bits per heavy atom. The zero-order valence-corrected chi connectivity index (χ0v) is 14.9. The highest BCUT2D eigenvalue weighted by molar-refractivity contribution is 7.14. The third-order valence-electron chi connectivity index (χ3n) is 4.35. The minimum atomic E-state index is -0.0388. The van der Waals surface area contributed by atoms with Crippen LogP contribution in [0.4, 0.5) is 15.5 Å². The maximum Gasteiger partial charge on any atom is 0.321 e. The van der Waals surface area contributed by atoms with E-state index in [-0.39, 0.29) is 12.1 Å². The Hall–Kier alpha value is -2.05.